The van der Waals surface area contributed by atoms with Crippen LogP contribution in [0.1, 0.15) is 43.8 Å². The minimum atomic E-state index is -0.458. The number of benzene rings is 1. The molecule has 4 rings (SSSR count). The summed E-state index contributed by atoms with van der Waals surface area (Å²) in [5, 5.41) is 31.1. The molecule has 3 N–H and O–H groups in total. The number of nitrogens with one attached hydrogen (secondary N) is 2. The number of hydrogen-bond donors (Lipinski definition) is 3. The molecule has 0 radical (unpaired) electrons. The van der Waals surface area contributed by atoms with E-state index in [1.54, 1.807) is 18.3 Å². The van der Waals surface area contributed by atoms with E-state index in [1.807, 2.05) is 24.5 Å². The minimum absolute atomic E-state index is 0.00272. The topological polar surface area (TPSA) is 166 Å². The average molecular weight is 539 g/mol. The van der Waals surface area contributed by atoms with E-state index in [4.69, 9.17) is 4.98 Å². The van der Waals surface area contributed by atoms with Crippen molar-refractivity contribution in [2.24, 2.45) is 0 Å². The van der Waals surface area contributed by atoms with Crippen LogP contribution in [0.15, 0.2) is 46.1 Å². The molecule has 3 aromatic heterocycles. The normalized spacial score (nSPS) is 12.3. The molecule has 208 valence electrons. The Morgan fingerprint density at radius 1 is 1.08 bits per heavy atom. The largest absolute Gasteiger partial charge is 0.392 e. The molecule has 0 aliphatic rings. The van der Waals surface area contributed by atoms with Crippen LogP contribution in [0, 0.1) is 10.1 Å². The number of nitro benzene ring substituents is 1. The first-order valence-electron chi connectivity index (χ1n) is 13.2. The molecule has 0 saturated carbocycles. The fourth-order valence-corrected chi connectivity index (χ4v) is 4.52. The van der Waals surface area contributed by atoms with Crippen molar-refractivity contribution in [2.45, 2.75) is 65.3 Å². The summed E-state index contributed by atoms with van der Waals surface area (Å²) in [6.07, 6.45) is 3.24. The second-order valence-electron chi connectivity index (χ2n) is 9.44. The lowest BCUT2D eigenvalue weighted by Crippen LogP contribution is -2.41. The molecule has 1 aromatic carbocycles. The Morgan fingerprint density at radius 2 is 1.85 bits per heavy atom. The number of H-pyrrole nitrogens is 1. The van der Waals surface area contributed by atoms with Gasteiger partial charge in [-0.25, -0.2) is 9.78 Å². The second-order valence-corrected chi connectivity index (χ2v) is 9.44. The average Bonchev–Trinajstić information content (AvgIpc) is 3.57. The molecule has 39 heavy (non-hydrogen) atoms. The van der Waals surface area contributed by atoms with Crippen molar-refractivity contribution in [1.82, 2.24) is 34.2 Å². The van der Waals surface area contributed by atoms with Crippen LogP contribution in [0.25, 0.3) is 11.2 Å². The first-order valence-corrected chi connectivity index (χ1v) is 13.2. The van der Waals surface area contributed by atoms with Crippen LogP contribution in [-0.4, -0.2) is 58.1 Å². The standard InChI is InChI=1S/C26H34N8O5/c1-3-13-33-25(36)23-24(32(26(33)37)14-10-18-5-7-20(8-6-18)34(38)39)29-22(16-19-9-11-28-30-19)31(23)15-12-27-17-21(35)4-2/h5-9,11,21,27,35H,3-4,10,12-17H2,1-2H3,(H,28,30). The Morgan fingerprint density at radius 3 is 2.49 bits per heavy atom. The van der Waals surface area contributed by atoms with Gasteiger partial charge in [0.05, 0.1) is 11.0 Å². The predicted octanol–water partition coefficient (Wildman–Crippen LogP) is 1.60. The monoisotopic (exact) mass is 538 g/mol. The highest BCUT2D eigenvalue weighted by Crippen LogP contribution is 2.17. The third-order valence-corrected chi connectivity index (χ3v) is 6.68. The van der Waals surface area contributed by atoms with Gasteiger partial charge in [0.15, 0.2) is 11.2 Å². The zero-order valence-corrected chi connectivity index (χ0v) is 22.2. The summed E-state index contributed by atoms with van der Waals surface area (Å²) in [6.45, 7) is 5.67. The first-order chi connectivity index (χ1) is 18.8. The minimum Gasteiger partial charge on any atom is -0.392 e. The summed E-state index contributed by atoms with van der Waals surface area (Å²) >= 11 is 0. The number of hydrogen-bond acceptors (Lipinski definition) is 8. The summed E-state index contributed by atoms with van der Waals surface area (Å²) in [5.74, 6) is 0.613. The van der Waals surface area contributed by atoms with Gasteiger partial charge >= 0.3 is 5.69 Å². The molecule has 4 aromatic rings. The van der Waals surface area contributed by atoms with Gasteiger partial charge in [-0.1, -0.05) is 26.0 Å². The van der Waals surface area contributed by atoms with E-state index in [9.17, 15) is 24.8 Å². The van der Waals surface area contributed by atoms with Crippen molar-refractivity contribution in [3.05, 3.63) is 84.6 Å². The molecular weight excluding hydrogens is 504 g/mol. The van der Waals surface area contributed by atoms with Crippen molar-refractivity contribution < 1.29 is 10.0 Å². The maximum absolute atomic E-state index is 13.6. The number of imidazole rings is 1. The van der Waals surface area contributed by atoms with E-state index in [1.165, 1.54) is 21.3 Å². The molecule has 0 spiro atoms. The van der Waals surface area contributed by atoms with Crippen LogP contribution in [0.5, 0.6) is 0 Å². The Labute approximate surface area is 224 Å². The summed E-state index contributed by atoms with van der Waals surface area (Å²) in [4.78, 5) is 42.5. The van der Waals surface area contributed by atoms with Crippen molar-refractivity contribution in [3.8, 4) is 0 Å². The molecule has 0 amide bonds. The van der Waals surface area contributed by atoms with Gasteiger partial charge in [-0.05, 0) is 30.9 Å². The number of aromatic amines is 1. The molecule has 1 unspecified atom stereocenters. The third-order valence-electron chi connectivity index (χ3n) is 6.68. The fourth-order valence-electron chi connectivity index (χ4n) is 4.52. The fraction of sp³-hybridized carbons (Fsp3) is 0.462. The van der Waals surface area contributed by atoms with Gasteiger partial charge in [-0.3, -0.25) is 29.1 Å². The van der Waals surface area contributed by atoms with Crippen LogP contribution in [0.2, 0.25) is 0 Å². The number of nitro groups is 1. The van der Waals surface area contributed by atoms with Gasteiger partial charge in [0.25, 0.3) is 11.2 Å². The van der Waals surface area contributed by atoms with Crippen LogP contribution < -0.4 is 16.6 Å². The Kier molecular flexibility index (Phi) is 9.04. The van der Waals surface area contributed by atoms with Crippen LogP contribution >= 0.6 is 0 Å². The van der Waals surface area contributed by atoms with Crippen LogP contribution in [0.3, 0.4) is 0 Å². The van der Waals surface area contributed by atoms with E-state index < -0.39 is 16.7 Å². The Balaban J connectivity index is 1.76. The van der Waals surface area contributed by atoms with Crippen molar-refractivity contribution in [3.63, 3.8) is 0 Å². The number of nitrogens with zero attached hydrogens (tertiary/aromatic N) is 6. The molecule has 0 aliphatic carbocycles. The van der Waals surface area contributed by atoms with Crippen molar-refractivity contribution in [1.29, 1.82) is 0 Å². The second kappa shape index (κ2) is 12.6. The quantitative estimate of drug-likeness (QED) is 0.124. The molecule has 0 fully saturated rings. The number of aliphatic hydroxyl groups is 1. The van der Waals surface area contributed by atoms with Gasteiger partial charge in [0.2, 0.25) is 0 Å². The maximum atomic E-state index is 13.6. The van der Waals surface area contributed by atoms with Crippen molar-refractivity contribution in [2.75, 3.05) is 13.1 Å². The molecular formula is C26H34N8O5. The lowest BCUT2D eigenvalue weighted by atomic mass is 10.1. The van der Waals surface area contributed by atoms with Gasteiger partial charge < -0.3 is 15.0 Å². The zero-order chi connectivity index (χ0) is 27.9. The number of aromatic nitrogens is 6. The van der Waals surface area contributed by atoms with Gasteiger partial charge in [-0.2, -0.15) is 5.10 Å². The van der Waals surface area contributed by atoms with E-state index >= 15 is 0 Å². The molecule has 13 nitrogen and oxygen atoms in total. The molecule has 0 bridgehead atoms. The highest BCUT2D eigenvalue weighted by atomic mass is 16.6. The number of aliphatic hydroxyl groups excluding tert-OH is 1. The summed E-state index contributed by atoms with van der Waals surface area (Å²) in [5.41, 5.74) is 1.47. The van der Waals surface area contributed by atoms with Crippen molar-refractivity contribution >= 4 is 16.9 Å². The van der Waals surface area contributed by atoms with E-state index in [0.717, 1.165) is 11.3 Å². The zero-order valence-electron chi connectivity index (χ0n) is 22.2. The first kappa shape index (κ1) is 27.9. The van der Waals surface area contributed by atoms with Gasteiger partial charge in [-0.15, -0.1) is 0 Å². The SMILES string of the molecule is CCCn1c(=O)c2c(nc(Cc3ccn[nH]3)n2CCNCC(O)CC)n(CCc2ccc([N+](=O)[O-])cc2)c1=O. The Bertz CT molecular complexity index is 1520. The summed E-state index contributed by atoms with van der Waals surface area (Å²) < 4.78 is 4.62. The molecule has 0 saturated heterocycles. The lowest BCUT2D eigenvalue weighted by molar-refractivity contribution is -0.384. The van der Waals surface area contributed by atoms with Gasteiger partial charge in [0.1, 0.15) is 5.82 Å². The maximum Gasteiger partial charge on any atom is 0.332 e. The number of rotatable bonds is 14. The predicted molar refractivity (Wildman–Crippen MR) is 146 cm³/mol. The van der Waals surface area contributed by atoms with E-state index in [-0.39, 0.29) is 24.3 Å². The number of non-ortho nitro benzene ring substituents is 1. The smallest absolute Gasteiger partial charge is 0.332 e. The van der Waals surface area contributed by atoms with Crippen LogP contribution in [0.4, 0.5) is 5.69 Å². The number of aryl methyl sites for hydroxylation is 2. The number of fused-ring (bicyclic) bond motifs is 1. The third kappa shape index (κ3) is 6.32. The summed E-state index contributed by atoms with van der Waals surface area (Å²) in [6, 6.07) is 8.04. The molecule has 1 atom stereocenters. The Hall–Kier alpha value is -4.10. The molecule has 0 aliphatic heterocycles. The molecule has 13 heteroatoms. The highest BCUT2D eigenvalue weighted by molar-refractivity contribution is 5.71. The summed E-state index contributed by atoms with van der Waals surface area (Å²) in [7, 11) is 0. The molecule has 3 heterocycles. The highest BCUT2D eigenvalue weighted by Gasteiger charge is 2.22. The lowest BCUT2D eigenvalue weighted by Gasteiger charge is -2.14. The van der Waals surface area contributed by atoms with E-state index in [2.05, 4.69) is 15.5 Å². The van der Waals surface area contributed by atoms with E-state index in [0.29, 0.717) is 62.3 Å². The van der Waals surface area contributed by atoms with Gasteiger partial charge in [0, 0.05) is 63.2 Å². The van der Waals surface area contributed by atoms with Crippen LogP contribution in [-0.2, 0) is 32.5 Å².